The second-order valence-electron chi connectivity index (χ2n) is 5.79. The maximum Gasteiger partial charge on any atom is 0.237 e. The highest BCUT2D eigenvalue weighted by atomic mass is 32.1. The lowest BCUT2D eigenvalue weighted by atomic mass is 10.1. The Labute approximate surface area is 136 Å². The summed E-state index contributed by atoms with van der Waals surface area (Å²) in [4.78, 5) is 18.0. The van der Waals surface area contributed by atoms with E-state index in [0.29, 0.717) is 6.54 Å². The zero-order valence-electron chi connectivity index (χ0n) is 13.5. The quantitative estimate of drug-likeness (QED) is 0.789. The molecule has 2 atom stereocenters. The van der Waals surface area contributed by atoms with Gasteiger partial charge in [-0.25, -0.2) is 0 Å². The maximum absolute atomic E-state index is 12.3. The van der Waals surface area contributed by atoms with Crippen molar-refractivity contribution in [3.05, 3.63) is 22.4 Å². The van der Waals surface area contributed by atoms with Gasteiger partial charge in [-0.2, -0.15) is 0 Å². The molecule has 5 nitrogen and oxygen atoms in total. The fraction of sp³-hybridized carbons (Fsp3) is 0.688. The number of piperazine rings is 1. The lowest BCUT2D eigenvalue weighted by Crippen LogP contribution is -2.56. The molecule has 0 aromatic carbocycles. The number of nitrogens with one attached hydrogen (secondary N) is 1. The monoisotopic (exact) mass is 325 g/mol. The molecular weight excluding hydrogens is 298 g/mol. The van der Waals surface area contributed by atoms with Gasteiger partial charge in [-0.1, -0.05) is 13.0 Å². The summed E-state index contributed by atoms with van der Waals surface area (Å²) in [6.45, 7) is 8.50. The van der Waals surface area contributed by atoms with E-state index in [1.807, 2.05) is 24.4 Å². The number of aliphatic hydroxyl groups excluding tert-OH is 1. The van der Waals surface area contributed by atoms with Gasteiger partial charge in [-0.3, -0.25) is 14.6 Å². The van der Waals surface area contributed by atoms with Gasteiger partial charge in [-0.15, -0.1) is 11.3 Å². The van der Waals surface area contributed by atoms with Crippen molar-refractivity contribution in [1.82, 2.24) is 15.1 Å². The minimum atomic E-state index is -0.101. The molecule has 1 aliphatic heterocycles. The lowest BCUT2D eigenvalue weighted by molar-refractivity contribution is -0.126. The summed E-state index contributed by atoms with van der Waals surface area (Å²) >= 11 is 1.66. The molecule has 1 saturated heterocycles. The summed E-state index contributed by atoms with van der Waals surface area (Å²) < 4.78 is 0. The standard InChI is InChI=1S/C16H27N3O2S/c1-3-14(12-20)19-8-6-18(7-9-19)13(2)16(21)17-11-15-5-4-10-22-15/h4-5,10,13-14,20H,3,6-9,11-12H2,1-2H3,(H,17,21). The third-order valence-corrected chi connectivity index (χ3v) is 5.37. The number of carbonyl (C=O) groups is 1. The molecule has 0 bridgehead atoms. The van der Waals surface area contributed by atoms with E-state index in [1.54, 1.807) is 11.3 Å². The van der Waals surface area contributed by atoms with E-state index in [-0.39, 0.29) is 24.6 Å². The molecule has 0 saturated carbocycles. The molecule has 2 rings (SSSR count). The van der Waals surface area contributed by atoms with E-state index < -0.39 is 0 Å². The Morgan fingerprint density at radius 3 is 2.59 bits per heavy atom. The highest BCUT2D eigenvalue weighted by Gasteiger charge is 2.27. The molecule has 2 heterocycles. The summed E-state index contributed by atoms with van der Waals surface area (Å²) in [6, 6.07) is 4.19. The molecule has 1 aromatic rings. The third-order valence-electron chi connectivity index (χ3n) is 4.49. The normalized spacial score (nSPS) is 19.8. The molecule has 22 heavy (non-hydrogen) atoms. The second-order valence-corrected chi connectivity index (χ2v) is 6.82. The number of nitrogens with zero attached hydrogens (tertiary/aromatic N) is 2. The number of rotatable bonds is 7. The topological polar surface area (TPSA) is 55.8 Å². The van der Waals surface area contributed by atoms with Crippen molar-refractivity contribution in [1.29, 1.82) is 0 Å². The van der Waals surface area contributed by atoms with Crippen molar-refractivity contribution in [3.8, 4) is 0 Å². The SMILES string of the molecule is CCC(CO)N1CCN(C(C)C(=O)NCc2cccs2)CC1. The van der Waals surface area contributed by atoms with Gasteiger partial charge in [0.15, 0.2) is 0 Å². The van der Waals surface area contributed by atoms with Gasteiger partial charge < -0.3 is 10.4 Å². The van der Waals surface area contributed by atoms with Crippen molar-refractivity contribution in [2.75, 3.05) is 32.8 Å². The van der Waals surface area contributed by atoms with E-state index in [2.05, 4.69) is 22.0 Å². The molecule has 1 fully saturated rings. The smallest absolute Gasteiger partial charge is 0.237 e. The summed E-state index contributed by atoms with van der Waals surface area (Å²) in [5.74, 6) is 0.0936. The Morgan fingerprint density at radius 1 is 1.36 bits per heavy atom. The Kier molecular flexibility index (Phi) is 6.82. The predicted octanol–water partition coefficient (Wildman–Crippen LogP) is 1.14. The first-order chi connectivity index (χ1) is 10.7. The van der Waals surface area contributed by atoms with Gasteiger partial charge in [0.2, 0.25) is 5.91 Å². The van der Waals surface area contributed by atoms with Crippen LogP contribution in [0, 0.1) is 0 Å². The van der Waals surface area contributed by atoms with Gasteiger partial charge in [-0.05, 0) is 24.8 Å². The van der Waals surface area contributed by atoms with Crippen LogP contribution < -0.4 is 5.32 Å². The average molecular weight is 325 g/mol. The van der Waals surface area contributed by atoms with Crippen molar-refractivity contribution in [3.63, 3.8) is 0 Å². The van der Waals surface area contributed by atoms with Crippen LogP contribution >= 0.6 is 11.3 Å². The Balaban J connectivity index is 1.76. The molecule has 6 heteroatoms. The van der Waals surface area contributed by atoms with E-state index in [9.17, 15) is 9.90 Å². The summed E-state index contributed by atoms with van der Waals surface area (Å²) in [6.07, 6.45) is 0.966. The highest BCUT2D eigenvalue weighted by molar-refractivity contribution is 7.09. The first kappa shape index (κ1) is 17.4. The fourth-order valence-corrected chi connectivity index (χ4v) is 3.54. The van der Waals surface area contributed by atoms with E-state index >= 15 is 0 Å². The summed E-state index contributed by atoms with van der Waals surface area (Å²) in [7, 11) is 0. The van der Waals surface area contributed by atoms with E-state index in [0.717, 1.165) is 32.6 Å². The number of aliphatic hydroxyl groups is 1. The van der Waals surface area contributed by atoms with Gasteiger partial charge in [0.1, 0.15) is 0 Å². The molecule has 2 unspecified atom stereocenters. The van der Waals surface area contributed by atoms with Gasteiger partial charge in [0, 0.05) is 37.1 Å². The third kappa shape index (κ3) is 4.52. The Morgan fingerprint density at radius 2 is 2.05 bits per heavy atom. The van der Waals surface area contributed by atoms with Crippen molar-refractivity contribution >= 4 is 17.2 Å². The minimum absolute atomic E-state index is 0.0936. The molecular formula is C16H27N3O2S. The summed E-state index contributed by atoms with van der Waals surface area (Å²) in [5.41, 5.74) is 0. The number of hydrogen-bond acceptors (Lipinski definition) is 5. The van der Waals surface area contributed by atoms with Gasteiger partial charge in [0.25, 0.3) is 0 Å². The number of thiophene rings is 1. The van der Waals surface area contributed by atoms with Crippen LogP contribution in [0.3, 0.4) is 0 Å². The van der Waals surface area contributed by atoms with Gasteiger partial charge in [0.05, 0.1) is 19.2 Å². The largest absolute Gasteiger partial charge is 0.395 e. The molecule has 2 N–H and O–H groups in total. The van der Waals surface area contributed by atoms with Crippen molar-refractivity contribution in [2.45, 2.75) is 38.9 Å². The molecule has 1 aromatic heterocycles. The molecule has 0 radical (unpaired) electrons. The molecule has 0 aliphatic carbocycles. The molecule has 124 valence electrons. The first-order valence-electron chi connectivity index (χ1n) is 8.04. The zero-order chi connectivity index (χ0) is 15.9. The van der Waals surface area contributed by atoms with Crippen LogP contribution in [-0.2, 0) is 11.3 Å². The summed E-state index contributed by atoms with van der Waals surface area (Å²) in [5, 5.41) is 14.4. The second kappa shape index (κ2) is 8.62. The van der Waals surface area contributed by atoms with Crippen molar-refractivity contribution < 1.29 is 9.90 Å². The Bertz CT molecular complexity index is 440. The number of amides is 1. The van der Waals surface area contributed by atoms with Crippen LogP contribution in [0.4, 0.5) is 0 Å². The van der Waals surface area contributed by atoms with Crippen LogP contribution in [0.5, 0.6) is 0 Å². The first-order valence-corrected chi connectivity index (χ1v) is 8.92. The zero-order valence-corrected chi connectivity index (χ0v) is 14.3. The fourth-order valence-electron chi connectivity index (χ4n) is 2.89. The van der Waals surface area contributed by atoms with Crippen molar-refractivity contribution in [2.24, 2.45) is 0 Å². The van der Waals surface area contributed by atoms with Crippen LogP contribution in [0.1, 0.15) is 25.1 Å². The number of carbonyl (C=O) groups excluding carboxylic acids is 1. The van der Waals surface area contributed by atoms with E-state index in [4.69, 9.17) is 0 Å². The van der Waals surface area contributed by atoms with Gasteiger partial charge >= 0.3 is 0 Å². The molecule has 0 spiro atoms. The van der Waals surface area contributed by atoms with E-state index in [1.165, 1.54) is 4.88 Å². The maximum atomic E-state index is 12.3. The molecule has 1 amide bonds. The highest BCUT2D eigenvalue weighted by Crippen LogP contribution is 2.12. The lowest BCUT2D eigenvalue weighted by Gasteiger charge is -2.40. The van der Waals surface area contributed by atoms with Crippen LogP contribution in [0.15, 0.2) is 17.5 Å². The number of hydrogen-bond donors (Lipinski definition) is 2. The molecule has 1 aliphatic rings. The Hall–Kier alpha value is -0.950. The predicted molar refractivity (Wildman–Crippen MR) is 89.9 cm³/mol. The van der Waals surface area contributed by atoms with Crippen LogP contribution in [-0.4, -0.2) is 65.7 Å². The average Bonchev–Trinajstić information content (AvgIpc) is 3.07. The van der Waals surface area contributed by atoms with Crippen LogP contribution in [0.2, 0.25) is 0 Å². The minimum Gasteiger partial charge on any atom is -0.395 e. The van der Waals surface area contributed by atoms with Crippen LogP contribution in [0.25, 0.3) is 0 Å².